The van der Waals surface area contributed by atoms with Crippen LogP contribution in [0.5, 0.6) is 0 Å². The summed E-state index contributed by atoms with van der Waals surface area (Å²) in [6.45, 7) is 3.91. The van der Waals surface area contributed by atoms with Gasteiger partial charge in [0.1, 0.15) is 0 Å². The number of thiazole rings is 1. The minimum absolute atomic E-state index is 0.150. The van der Waals surface area contributed by atoms with Gasteiger partial charge in [-0.1, -0.05) is 0 Å². The van der Waals surface area contributed by atoms with Gasteiger partial charge in [-0.25, -0.2) is 4.98 Å². The molecule has 0 aliphatic heterocycles. The molecule has 0 bridgehead atoms. The van der Waals surface area contributed by atoms with Crippen molar-refractivity contribution in [1.29, 1.82) is 0 Å². The lowest BCUT2D eigenvalue weighted by molar-refractivity contribution is -0.129. The molecular weight excluding hydrogens is 210 g/mol. The van der Waals surface area contributed by atoms with Crippen LogP contribution in [0.25, 0.3) is 0 Å². The number of nitrogens with one attached hydrogen (secondary N) is 1. The lowest BCUT2D eigenvalue weighted by atomic mass is 10.3. The fourth-order valence-corrected chi connectivity index (χ4v) is 1.94. The highest BCUT2D eigenvalue weighted by Gasteiger charge is 2.10. The van der Waals surface area contributed by atoms with E-state index in [1.54, 1.807) is 24.6 Å². The van der Waals surface area contributed by atoms with E-state index >= 15 is 0 Å². The molecule has 0 saturated carbocycles. The summed E-state index contributed by atoms with van der Waals surface area (Å²) in [5.74, 6) is 0.150. The highest BCUT2D eigenvalue weighted by atomic mass is 32.1. The summed E-state index contributed by atoms with van der Waals surface area (Å²) in [6, 6.07) is 0. The maximum absolute atomic E-state index is 11.6. The zero-order chi connectivity index (χ0) is 11.1. The van der Waals surface area contributed by atoms with Crippen LogP contribution < -0.4 is 5.32 Å². The summed E-state index contributed by atoms with van der Waals surface area (Å²) in [6.07, 6.45) is 2.65. The van der Waals surface area contributed by atoms with Gasteiger partial charge in [-0.05, 0) is 14.0 Å². The van der Waals surface area contributed by atoms with Gasteiger partial charge in [0.25, 0.3) is 0 Å². The van der Waals surface area contributed by atoms with E-state index in [1.807, 2.05) is 17.2 Å². The summed E-state index contributed by atoms with van der Waals surface area (Å²) in [5.41, 5.74) is 0. The van der Waals surface area contributed by atoms with Crippen LogP contribution in [-0.2, 0) is 11.2 Å². The Morgan fingerprint density at radius 3 is 3.00 bits per heavy atom. The number of carbonyl (C=O) groups excluding carboxylic acids is 1. The largest absolute Gasteiger partial charge is 0.341 e. The Morgan fingerprint density at radius 1 is 1.67 bits per heavy atom. The lowest BCUT2D eigenvalue weighted by Gasteiger charge is -2.19. The second-order valence-electron chi connectivity index (χ2n) is 3.18. The van der Waals surface area contributed by atoms with Gasteiger partial charge in [-0.3, -0.25) is 4.79 Å². The SMILES string of the molecule is CCN(CCc1nccs1)C(=O)CNC. The van der Waals surface area contributed by atoms with Crippen LogP contribution in [0.4, 0.5) is 0 Å². The van der Waals surface area contributed by atoms with E-state index in [0.717, 1.165) is 24.5 Å². The van der Waals surface area contributed by atoms with Gasteiger partial charge in [0.15, 0.2) is 0 Å². The average Bonchev–Trinajstić information content (AvgIpc) is 2.72. The molecule has 1 heterocycles. The monoisotopic (exact) mass is 227 g/mol. The van der Waals surface area contributed by atoms with Crippen molar-refractivity contribution in [2.75, 3.05) is 26.7 Å². The summed E-state index contributed by atoms with van der Waals surface area (Å²) >= 11 is 1.64. The Morgan fingerprint density at radius 2 is 2.47 bits per heavy atom. The third-order valence-corrected chi connectivity index (χ3v) is 2.98. The zero-order valence-corrected chi connectivity index (χ0v) is 10.0. The molecule has 1 aromatic rings. The Hall–Kier alpha value is -0.940. The van der Waals surface area contributed by atoms with E-state index in [1.165, 1.54) is 0 Å². The van der Waals surface area contributed by atoms with Crippen LogP contribution in [-0.4, -0.2) is 42.5 Å². The van der Waals surface area contributed by atoms with Crippen LogP contribution >= 0.6 is 11.3 Å². The summed E-state index contributed by atoms with van der Waals surface area (Å²) in [5, 5.41) is 5.92. The summed E-state index contributed by atoms with van der Waals surface area (Å²) < 4.78 is 0. The summed E-state index contributed by atoms with van der Waals surface area (Å²) in [7, 11) is 1.78. The molecule has 5 heteroatoms. The molecule has 4 nitrogen and oxygen atoms in total. The van der Waals surface area contributed by atoms with Crippen molar-refractivity contribution in [1.82, 2.24) is 15.2 Å². The number of aromatic nitrogens is 1. The predicted octanol–water partition coefficient (Wildman–Crippen LogP) is 0.754. The molecule has 84 valence electrons. The normalized spacial score (nSPS) is 10.3. The molecule has 0 saturated heterocycles. The van der Waals surface area contributed by atoms with E-state index in [2.05, 4.69) is 10.3 Å². The van der Waals surface area contributed by atoms with Gasteiger partial charge >= 0.3 is 0 Å². The molecule has 1 rings (SSSR count). The number of likely N-dealkylation sites (N-methyl/N-ethyl adjacent to an activating group) is 2. The van der Waals surface area contributed by atoms with E-state index in [-0.39, 0.29) is 5.91 Å². The quantitative estimate of drug-likeness (QED) is 0.780. The zero-order valence-electron chi connectivity index (χ0n) is 9.19. The van der Waals surface area contributed by atoms with Crippen molar-refractivity contribution in [2.24, 2.45) is 0 Å². The third kappa shape index (κ3) is 3.97. The van der Waals surface area contributed by atoms with Gasteiger partial charge in [0, 0.05) is 31.1 Å². The van der Waals surface area contributed by atoms with Gasteiger partial charge in [0.05, 0.1) is 11.6 Å². The number of carbonyl (C=O) groups is 1. The van der Waals surface area contributed by atoms with Gasteiger partial charge in [-0.15, -0.1) is 11.3 Å². The second kappa shape index (κ2) is 6.53. The molecule has 0 atom stereocenters. The highest BCUT2D eigenvalue weighted by Crippen LogP contribution is 2.05. The van der Waals surface area contributed by atoms with E-state index in [9.17, 15) is 4.79 Å². The maximum atomic E-state index is 11.6. The van der Waals surface area contributed by atoms with Crippen molar-refractivity contribution < 1.29 is 4.79 Å². The van der Waals surface area contributed by atoms with E-state index in [4.69, 9.17) is 0 Å². The Balaban J connectivity index is 2.37. The standard InChI is InChI=1S/C10H17N3OS/c1-3-13(10(14)8-11-2)6-4-9-12-5-7-15-9/h5,7,11H,3-4,6,8H2,1-2H3. The smallest absolute Gasteiger partial charge is 0.236 e. The second-order valence-corrected chi connectivity index (χ2v) is 4.16. The number of nitrogens with zero attached hydrogens (tertiary/aromatic N) is 2. The Kier molecular flexibility index (Phi) is 5.28. The predicted molar refractivity (Wildman–Crippen MR) is 62.0 cm³/mol. The first-order valence-electron chi connectivity index (χ1n) is 5.08. The topological polar surface area (TPSA) is 45.2 Å². The van der Waals surface area contributed by atoms with Gasteiger partial charge in [0.2, 0.25) is 5.91 Å². The van der Waals surface area contributed by atoms with Crippen LogP contribution in [0.3, 0.4) is 0 Å². The van der Waals surface area contributed by atoms with E-state index in [0.29, 0.717) is 6.54 Å². The molecule has 0 unspecified atom stereocenters. The van der Waals surface area contributed by atoms with Crippen molar-refractivity contribution in [3.63, 3.8) is 0 Å². The van der Waals surface area contributed by atoms with Crippen LogP contribution in [0.2, 0.25) is 0 Å². The van der Waals surface area contributed by atoms with Crippen molar-refractivity contribution in [3.05, 3.63) is 16.6 Å². The third-order valence-electron chi connectivity index (χ3n) is 2.14. The average molecular weight is 227 g/mol. The van der Waals surface area contributed by atoms with Crippen molar-refractivity contribution >= 4 is 17.2 Å². The first kappa shape index (κ1) is 12.1. The van der Waals surface area contributed by atoms with Crippen molar-refractivity contribution in [2.45, 2.75) is 13.3 Å². The van der Waals surface area contributed by atoms with Gasteiger partial charge in [-0.2, -0.15) is 0 Å². The van der Waals surface area contributed by atoms with Crippen LogP contribution in [0.1, 0.15) is 11.9 Å². The number of hydrogen-bond donors (Lipinski definition) is 1. The van der Waals surface area contributed by atoms with Crippen molar-refractivity contribution in [3.8, 4) is 0 Å². The number of rotatable bonds is 6. The molecule has 0 spiro atoms. The fraction of sp³-hybridized carbons (Fsp3) is 0.600. The first-order chi connectivity index (χ1) is 7.27. The molecule has 0 aliphatic rings. The molecule has 0 fully saturated rings. The number of amides is 1. The Labute approximate surface area is 94.3 Å². The molecule has 1 N–H and O–H groups in total. The molecular formula is C10H17N3OS. The molecule has 1 amide bonds. The summed E-state index contributed by atoms with van der Waals surface area (Å²) in [4.78, 5) is 17.6. The molecule has 0 aliphatic carbocycles. The number of hydrogen-bond acceptors (Lipinski definition) is 4. The van der Waals surface area contributed by atoms with Crippen LogP contribution in [0.15, 0.2) is 11.6 Å². The minimum atomic E-state index is 0.150. The molecule has 1 aromatic heterocycles. The maximum Gasteiger partial charge on any atom is 0.236 e. The fourth-order valence-electron chi connectivity index (χ4n) is 1.33. The highest BCUT2D eigenvalue weighted by molar-refractivity contribution is 7.09. The molecule has 0 aromatic carbocycles. The van der Waals surface area contributed by atoms with Gasteiger partial charge < -0.3 is 10.2 Å². The molecule has 15 heavy (non-hydrogen) atoms. The lowest BCUT2D eigenvalue weighted by Crippen LogP contribution is -2.38. The van der Waals surface area contributed by atoms with E-state index < -0.39 is 0 Å². The van der Waals surface area contributed by atoms with Crippen LogP contribution in [0, 0.1) is 0 Å². The first-order valence-corrected chi connectivity index (χ1v) is 5.96. The minimum Gasteiger partial charge on any atom is -0.341 e. The molecule has 0 radical (unpaired) electrons. The Bertz CT molecular complexity index is 287.